The number of aryl methyl sites for hydroxylation is 1. The number of hydrogen-bond donors (Lipinski definition) is 0. The average Bonchev–Trinajstić information content (AvgIpc) is 2.24. The first kappa shape index (κ1) is 14.6. The first-order chi connectivity index (χ1) is 8.31. The predicted molar refractivity (Wildman–Crippen MR) is 72.5 cm³/mol. The van der Waals surface area contributed by atoms with Gasteiger partial charge in [-0.1, -0.05) is 0 Å². The zero-order chi connectivity index (χ0) is 13.8. The molecule has 0 aliphatic carbocycles. The molecule has 4 heteroatoms. The number of carbonyl (C=O) groups excluding carboxylic acids is 1. The molecule has 0 fully saturated rings. The van der Waals surface area contributed by atoms with Gasteiger partial charge in [0.1, 0.15) is 5.60 Å². The van der Waals surface area contributed by atoms with Gasteiger partial charge in [-0.15, -0.1) is 11.8 Å². The Kier molecular flexibility index (Phi) is 4.80. The Morgan fingerprint density at radius 2 is 2.11 bits per heavy atom. The van der Waals surface area contributed by atoms with Crippen molar-refractivity contribution in [2.24, 2.45) is 0 Å². The van der Waals surface area contributed by atoms with Gasteiger partial charge >= 0.3 is 5.97 Å². The predicted octanol–water partition coefficient (Wildman–Crippen LogP) is 3.30. The zero-order valence-electron chi connectivity index (χ0n) is 11.1. The molecule has 0 saturated carbocycles. The third-order valence-corrected chi connectivity index (χ3v) is 3.06. The number of rotatable bonds is 3. The Labute approximate surface area is 112 Å². The Morgan fingerprint density at radius 1 is 1.44 bits per heavy atom. The molecule has 0 unspecified atom stereocenters. The third-order valence-electron chi connectivity index (χ3n) is 2.10. The average molecular weight is 263 g/mol. The minimum Gasteiger partial charge on any atom is -0.459 e. The van der Waals surface area contributed by atoms with Gasteiger partial charge in [0, 0.05) is 4.90 Å². The molecule has 0 heterocycles. The Hall–Kier alpha value is -1.47. The summed E-state index contributed by atoms with van der Waals surface area (Å²) in [7, 11) is 0. The Balaban J connectivity index is 2.57. The van der Waals surface area contributed by atoms with Crippen LogP contribution in [0.5, 0.6) is 0 Å². The molecule has 96 valence electrons. The fourth-order valence-corrected chi connectivity index (χ4v) is 2.13. The lowest BCUT2D eigenvalue weighted by Crippen LogP contribution is -2.24. The summed E-state index contributed by atoms with van der Waals surface area (Å²) in [6.07, 6.45) is 0. The summed E-state index contributed by atoms with van der Waals surface area (Å²) in [4.78, 5) is 12.5. The molecule has 0 aliphatic rings. The highest BCUT2D eigenvalue weighted by Crippen LogP contribution is 2.22. The smallest absolute Gasteiger partial charge is 0.316 e. The van der Waals surface area contributed by atoms with E-state index in [9.17, 15) is 4.79 Å². The van der Waals surface area contributed by atoms with Gasteiger partial charge in [-0.2, -0.15) is 5.26 Å². The largest absolute Gasteiger partial charge is 0.459 e. The Bertz CT molecular complexity index is 484. The first-order valence-electron chi connectivity index (χ1n) is 5.67. The van der Waals surface area contributed by atoms with E-state index in [0.29, 0.717) is 5.56 Å². The van der Waals surface area contributed by atoms with E-state index in [1.807, 2.05) is 39.8 Å². The van der Waals surface area contributed by atoms with Crippen molar-refractivity contribution in [2.75, 3.05) is 5.75 Å². The van der Waals surface area contributed by atoms with Crippen LogP contribution >= 0.6 is 11.8 Å². The molecule has 0 saturated heterocycles. The number of hydrogen-bond acceptors (Lipinski definition) is 4. The van der Waals surface area contributed by atoms with E-state index >= 15 is 0 Å². The quantitative estimate of drug-likeness (QED) is 0.620. The highest BCUT2D eigenvalue weighted by molar-refractivity contribution is 8.00. The van der Waals surface area contributed by atoms with Gasteiger partial charge in [-0.25, -0.2) is 0 Å². The van der Waals surface area contributed by atoms with E-state index in [4.69, 9.17) is 10.00 Å². The maximum atomic E-state index is 11.5. The molecular formula is C14H17NO2S. The van der Waals surface area contributed by atoms with E-state index in [2.05, 4.69) is 6.07 Å². The van der Waals surface area contributed by atoms with Crippen LogP contribution in [0.4, 0.5) is 0 Å². The van der Waals surface area contributed by atoms with Crippen LogP contribution in [0.25, 0.3) is 0 Å². The molecule has 1 aromatic rings. The van der Waals surface area contributed by atoms with Crippen molar-refractivity contribution in [1.82, 2.24) is 0 Å². The second-order valence-electron chi connectivity index (χ2n) is 4.96. The monoisotopic (exact) mass is 263 g/mol. The highest BCUT2D eigenvalue weighted by atomic mass is 32.2. The van der Waals surface area contributed by atoms with E-state index < -0.39 is 5.60 Å². The van der Waals surface area contributed by atoms with Crippen molar-refractivity contribution < 1.29 is 9.53 Å². The van der Waals surface area contributed by atoms with Crippen LogP contribution in [0.1, 0.15) is 31.9 Å². The maximum Gasteiger partial charge on any atom is 0.316 e. The molecule has 0 bridgehead atoms. The zero-order valence-corrected chi connectivity index (χ0v) is 11.9. The summed E-state index contributed by atoms with van der Waals surface area (Å²) in [5.74, 6) is 0.0531. The minimum absolute atomic E-state index is 0.227. The normalized spacial score (nSPS) is 10.8. The second-order valence-corrected chi connectivity index (χ2v) is 6.01. The molecule has 0 aromatic heterocycles. The van der Waals surface area contributed by atoms with Crippen molar-refractivity contribution in [1.29, 1.82) is 5.26 Å². The SMILES string of the molecule is Cc1cc(SCC(=O)OC(C)(C)C)ccc1C#N. The Morgan fingerprint density at radius 3 is 2.61 bits per heavy atom. The van der Waals surface area contributed by atoms with E-state index in [0.717, 1.165) is 10.5 Å². The van der Waals surface area contributed by atoms with Gasteiger partial charge in [0.15, 0.2) is 0 Å². The van der Waals surface area contributed by atoms with Gasteiger partial charge in [-0.3, -0.25) is 4.79 Å². The fourth-order valence-electron chi connectivity index (χ4n) is 1.36. The lowest BCUT2D eigenvalue weighted by Gasteiger charge is -2.19. The maximum absolute atomic E-state index is 11.5. The van der Waals surface area contributed by atoms with Crippen LogP contribution in [0, 0.1) is 18.3 Å². The number of nitriles is 1. The number of thioether (sulfide) groups is 1. The van der Waals surface area contributed by atoms with E-state index in [-0.39, 0.29) is 11.7 Å². The molecule has 1 aromatic carbocycles. The number of nitrogens with zero attached hydrogens (tertiary/aromatic N) is 1. The summed E-state index contributed by atoms with van der Waals surface area (Å²) in [5.41, 5.74) is 1.14. The number of ether oxygens (including phenoxy) is 1. The van der Waals surface area contributed by atoms with Gasteiger partial charge in [0.05, 0.1) is 17.4 Å². The summed E-state index contributed by atoms with van der Waals surface area (Å²) in [5, 5.41) is 8.82. The van der Waals surface area contributed by atoms with Gasteiger partial charge in [-0.05, 0) is 51.5 Å². The summed E-state index contributed by atoms with van der Waals surface area (Å²) < 4.78 is 5.22. The van der Waals surface area contributed by atoms with Crippen LogP contribution in [0.2, 0.25) is 0 Å². The number of benzene rings is 1. The molecule has 0 atom stereocenters. The molecule has 0 amide bonds. The lowest BCUT2D eigenvalue weighted by atomic mass is 10.1. The first-order valence-corrected chi connectivity index (χ1v) is 6.66. The molecule has 0 spiro atoms. The number of carbonyl (C=O) groups is 1. The standard InChI is InChI=1S/C14H17NO2S/c1-10-7-12(6-5-11(10)8-15)18-9-13(16)17-14(2,3)4/h5-7H,9H2,1-4H3. The fraction of sp³-hybridized carbons (Fsp3) is 0.429. The minimum atomic E-state index is -0.446. The topological polar surface area (TPSA) is 50.1 Å². The summed E-state index contributed by atoms with van der Waals surface area (Å²) >= 11 is 1.42. The molecular weight excluding hydrogens is 246 g/mol. The summed E-state index contributed by atoms with van der Waals surface area (Å²) in [6.45, 7) is 7.43. The van der Waals surface area contributed by atoms with E-state index in [1.54, 1.807) is 6.07 Å². The van der Waals surface area contributed by atoms with Gasteiger partial charge in [0.2, 0.25) is 0 Å². The van der Waals surface area contributed by atoms with Crippen LogP contribution < -0.4 is 0 Å². The lowest BCUT2D eigenvalue weighted by molar-refractivity contribution is -0.151. The van der Waals surface area contributed by atoms with Gasteiger partial charge < -0.3 is 4.74 Å². The molecule has 1 rings (SSSR count). The molecule has 18 heavy (non-hydrogen) atoms. The second kappa shape index (κ2) is 5.92. The van der Waals surface area contributed by atoms with Crippen LogP contribution in [-0.2, 0) is 9.53 Å². The summed E-state index contributed by atoms with van der Waals surface area (Å²) in [6, 6.07) is 7.65. The molecule has 0 N–H and O–H groups in total. The van der Waals surface area contributed by atoms with Crippen molar-refractivity contribution >= 4 is 17.7 Å². The van der Waals surface area contributed by atoms with Crippen molar-refractivity contribution in [3.8, 4) is 6.07 Å². The third kappa shape index (κ3) is 4.80. The molecule has 0 aliphatic heterocycles. The van der Waals surface area contributed by atoms with Crippen LogP contribution in [0.3, 0.4) is 0 Å². The van der Waals surface area contributed by atoms with Crippen molar-refractivity contribution in [2.45, 2.75) is 38.2 Å². The van der Waals surface area contributed by atoms with Gasteiger partial charge in [0.25, 0.3) is 0 Å². The number of esters is 1. The van der Waals surface area contributed by atoms with E-state index in [1.165, 1.54) is 11.8 Å². The molecule has 0 radical (unpaired) electrons. The molecule has 3 nitrogen and oxygen atoms in total. The van der Waals surface area contributed by atoms with Crippen LogP contribution in [0.15, 0.2) is 23.1 Å². The van der Waals surface area contributed by atoms with Crippen LogP contribution in [-0.4, -0.2) is 17.3 Å². The van der Waals surface area contributed by atoms with Crippen molar-refractivity contribution in [3.05, 3.63) is 29.3 Å². The van der Waals surface area contributed by atoms with Crippen molar-refractivity contribution in [3.63, 3.8) is 0 Å². The highest BCUT2D eigenvalue weighted by Gasteiger charge is 2.16.